The molecule has 0 radical (unpaired) electrons. The first-order valence-corrected chi connectivity index (χ1v) is 9.98. The van der Waals surface area contributed by atoms with Crippen molar-refractivity contribution in [3.8, 4) is 17.0 Å². The van der Waals surface area contributed by atoms with Crippen molar-refractivity contribution in [2.24, 2.45) is 0 Å². The Balaban J connectivity index is 1.48. The number of pyridine rings is 1. The first-order valence-electron chi connectivity index (χ1n) is 9.10. The summed E-state index contributed by atoms with van der Waals surface area (Å²) in [5, 5.41) is 14.4. The lowest BCUT2D eigenvalue weighted by molar-refractivity contribution is -0.384. The Labute approximate surface area is 166 Å². The van der Waals surface area contributed by atoms with Crippen molar-refractivity contribution in [1.82, 2.24) is 9.97 Å². The van der Waals surface area contributed by atoms with Crippen LogP contribution in [0.2, 0.25) is 0 Å². The van der Waals surface area contributed by atoms with E-state index in [1.54, 1.807) is 30.7 Å². The quantitative estimate of drug-likeness (QED) is 0.466. The summed E-state index contributed by atoms with van der Waals surface area (Å²) in [5.41, 5.74) is 1.99. The Bertz CT molecular complexity index is 983. The number of hydrogen-bond acceptors (Lipinski definition) is 7. The van der Waals surface area contributed by atoms with E-state index in [1.165, 1.54) is 6.07 Å². The molecule has 28 heavy (non-hydrogen) atoms. The van der Waals surface area contributed by atoms with Crippen LogP contribution in [-0.2, 0) is 0 Å². The maximum absolute atomic E-state index is 11.3. The third-order valence-electron chi connectivity index (χ3n) is 5.01. The Morgan fingerprint density at radius 2 is 2.00 bits per heavy atom. The summed E-state index contributed by atoms with van der Waals surface area (Å²) in [6.45, 7) is 1.46. The Hall–Kier alpha value is -3.00. The van der Waals surface area contributed by atoms with Crippen molar-refractivity contribution in [2.75, 3.05) is 25.1 Å². The molecular weight excluding hydrogens is 376 g/mol. The molecule has 0 N–H and O–H groups in total. The van der Waals surface area contributed by atoms with Crippen LogP contribution in [-0.4, -0.2) is 35.1 Å². The summed E-state index contributed by atoms with van der Waals surface area (Å²) in [7, 11) is 1.67. The molecule has 0 atom stereocenters. The van der Waals surface area contributed by atoms with Crippen LogP contribution in [0.5, 0.6) is 5.75 Å². The topological polar surface area (TPSA) is 81.4 Å². The van der Waals surface area contributed by atoms with Crippen LogP contribution < -0.4 is 9.64 Å². The van der Waals surface area contributed by atoms with Crippen LogP contribution in [0.3, 0.4) is 0 Å². The van der Waals surface area contributed by atoms with Gasteiger partial charge in [0.25, 0.3) is 0 Å². The van der Waals surface area contributed by atoms with Gasteiger partial charge in [-0.1, -0.05) is 12.1 Å². The molecule has 144 valence electrons. The van der Waals surface area contributed by atoms with E-state index in [9.17, 15) is 10.1 Å². The highest BCUT2D eigenvalue weighted by molar-refractivity contribution is 7.10. The normalized spacial score (nSPS) is 14.8. The summed E-state index contributed by atoms with van der Waals surface area (Å²) >= 11 is 1.67. The molecule has 0 amide bonds. The van der Waals surface area contributed by atoms with Crippen molar-refractivity contribution >= 4 is 22.8 Å². The average molecular weight is 396 g/mol. The molecule has 1 fully saturated rings. The monoisotopic (exact) mass is 396 g/mol. The number of rotatable bonds is 5. The van der Waals surface area contributed by atoms with Gasteiger partial charge in [-0.05, 0) is 31.0 Å². The molecule has 0 aliphatic carbocycles. The number of hydrogen-bond donors (Lipinski definition) is 0. The molecule has 2 aromatic heterocycles. The second-order valence-electron chi connectivity index (χ2n) is 6.64. The van der Waals surface area contributed by atoms with E-state index in [1.807, 2.05) is 29.2 Å². The van der Waals surface area contributed by atoms with Gasteiger partial charge in [-0.15, -0.1) is 11.3 Å². The summed E-state index contributed by atoms with van der Waals surface area (Å²) in [4.78, 5) is 22.0. The third-order valence-corrected chi connectivity index (χ3v) is 6.02. The Morgan fingerprint density at radius 3 is 2.75 bits per heavy atom. The second kappa shape index (κ2) is 7.93. The van der Waals surface area contributed by atoms with Crippen LogP contribution >= 0.6 is 11.3 Å². The predicted molar refractivity (Wildman–Crippen MR) is 109 cm³/mol. The minimum Gasteiger partial charge on any atom is -0.496 e. The van der Waals surface area contributed by atoms with E-state index >= 15 is 0 Å². The zero-order valence-corrected chi connectivity index (χ0v) is 16.3. The number of nitrogens with zero attached hydrogens (tertiary/aromatic N) is 4. The van der Waals surface area contributed by atoms with E-state index in [4.69, 9.17) is 9.72 Å². The molecule has 8 heteroatoms. The van der Waals surface area contributed by atoms with E-state index in [2.05, 4.69) is 10.4 Å². The Kier molecular flexibility index (Phi) is 5.21. The van der Waals surface area contributed by atoms with Gasteiger partial charge in [-0.3, -0.25) is 10.1 Å². The first kappa shape index (κ1) is 18.4. The van der Waals surface area contributed by atoms with Gasteiger partial charge in [0, 0.05) is 42.2 Å². The van der Waals surface area contributed by atoms with Gasteiger partial charge in [-0.2, -0.15) is 0 Å². The van der Waals surface area contributed by atoms with Crippen molar-refractivity contribution in [1.29, 1.82) is 0 Å². The predicted octanol–water partition coefficient (Wildman–Crippen LogP) is 4.51. The molecule has 0 unspecified atom stereocenters. The fourth-order valence-electron chi connectivity index (χ4n) is 3.57. The van der Waals surface area contributed by atoms with Crippen molar-refractivity contribution < 1.29 is 9.66 Å². The van der Waals surface area contributed by atoms with Gasteiger partial charge < -0.3 is 9.64 Å². The maximum atomic E-state index is 11.3. The van der Waals surface area contributed by atoms with Crippen molar-refractivity contribution in [2.45, 2.75) is 18.8 Å². The highest BCUT2D eigenvalue weighted by atomic mass is 32.1. The minimum atomic E-state index is -0.366. The lowest BCUT2D eigenvalue weighted by atomic mass is 9.97. The molecule has 1 aromatic carbocycles. The molecule has 3 aromatic rings. The van der Waals surface area contributed by atoms with Crippen molar-refractivity contribution in [3.05, 3.63) is 63.1 Å². The highest BCUT2D eigenvalue weighted by Crippen LogP contribution is 2.37. The molecule has 0 spiro atoms. The Morgan fingerprint density at radius 1 is 1.21 bits per heavy atom. The number of aromatic nitrogens is 2. The number of para-hydroxylation sites is 1. The lowest BCUT2D eigenvalue weighted by Gasteiger charge is -2.31. The number of nitro groups is 1. The van der Waals surface area contributed by atoms with E-state index in [0.717, 1.165) is 47.9 Å². The van der Waals surface area contributed by atoms with E-state index in [0.29, 0.717) is 11.7 Å². The van der Waals surface area contributed by atoms with Crippen LogP contribution in [0.15, 0.2) is 48.0 Å². The molecule has 1 aliphatic rings. The fraction of sp³-hybridized carbons (Fsp3) is 0.300. The van der Waals surface area contributed by atoms with Crippen LogP contribution in [0.25, 0.3) is 11.3 Å². The average Bonchev–Trinajstić information content (AvgIpc) is 3.24. The number of anilines is 1. The fourth-order valence-corrected chi connectivity index (χ4v) is 4.56. The molecule has 1 saturated heterocycles. The smallest absolute Gasteiger partial charge is 0.311 e. The number of piperidine rings is 1. The summed E-state index contributed by atoms with van der Waals surface area (Å²) in [6, 6.07) is 11.0. The molecule has 0 saturated carbocycles. The van der Waals surface area contributed by atoms with Gasteiger partial charge in [0.1, 0.15) is 5.75 Å². The minimum absolute atomic E-state index is 0.0636. The number of ether oxygens (including phenoxy) is 1. The molecule has 4 rings (SSSR count). The summed E-state index contributed by atoms with van der Waals surface area (Å²) in [5.74, 6) is 1.63. The largest absolute Gasteiger partial charge is 0.496 e. The second-order valence-corrected chi connectivity index (χ2v) is 7.53. The van der Waals surface area contributed by atoms with E-state index in [-0.39, 0.29) is 10.6 Å². The maximum Gasteiger partial charge on any atom is 0.311 e. The van der Waals surface area contributed by atoms with Gasteiger partial charge in [0.2, 0.25) is 5.82 Å². The summed E-state index contributed by atoms with van der Waals surface area (Å²) in [6.07, 6.45) is 3.40. The molecule has 3 heterocycles. The lowest BCUT2D eigenvalue weighted by Crippen LogP contribution is -2.33. The number of methoxy groups -OCH3 is 1. The number of thiazole rings is 1. The molecular formula is C20H20N4O3S. The number of benzene rings is 1. The van der Waals surface area contributed by atoms with Gasteiger partial charge in [0.05, 0.1) is 22.7 Å². The van der Waals surface area contributed by atoms with Gasteiger partial charge >= 0.3 is 5.69 Å². The molecule has 7 nitrogen and oxygen atoms in total. The highest BCUT2D eigenvalue weighted by Gasteiger charge is 2.28. The zero-order valence-electron chi connectivity index (χ0n) is 15.4. The van der Waals surface area contributed by atoms with Crippen LogP contribution in [0, 0.1) is 10.1 Å². The summed E-state index contributed by atoms with van der Waals surface area (Å²) < 4.78 is 5.44. The third kappa shape index (κ3) is 3.55. The SMILES string of the molecule is COc1ccccc1-c1csc(C2CCN(c3ncccc3[N+](=O)[O-])CC2)n1. The van der Waals surface area contributed by atoms with Gasteiger partial charge in [-0.25, -0.2) is 9.97 Å². The zero-order chi connectivity index (χ0) is 19.5. The van der Waals surface area contributed by atoms with Crippen LogP contribution in [0.1, 0.15) is 23.8 Å². The standard InChI is InChI=1S/C20H20N4O3S/c1-27-18-7-3-2-5-15(18)16-13-28-20(22-16)14-8-11-23(12-9-14)19-17(24(25)26)6-4-10-21-19/h2-7,10,13-14H,8-9,11-12H2,1H3. The van der Waals surface area contributed by atoms with Gasteiger partial charge in [0.15, 0.2) is 0 Å². The first-order chi connectivity index (χ1) is 13.7. The molecule has 0 bridgehead atoms. The van der Waals surface area contributed by atoms with Crippen LogP contribution in [0.4, 0.5) is 11.5 Å². The van der Waals surface area contributed by atoms with Crippen molar-refractivity contribution in [3.63, 3.8) is 0 Å². The molecule has 1 aliphatic heterocycles. The van der Waals surface area contributed by atoms with E-state index < -0.39 is 0 Å².